The van der Waals surface area contributed by atoms with Crippen molar-refractivity contribution in [3.05, 3.63) is 59.4 Å². The first kappa shape index (κ1) is 25.6. The van der Waals surface area contributed by atoms with Crippen molar-refractivity contribution in [1.82, 2.24) is 10.2 Å². The Labute approximate surface area is 210 Å². The quantitative estimate of drug-likeness (QED) is 0.609. The fourth-order valence-electron chi connectivity index (χ4n) is 4.68. The molecule has 0 bridgehead atoms. The number of halogens is 1. The molecule has 0 radical (unpaired) electrons. The molecule has 2 N–H and O–H groups in total. The Morgan fingerprint density at radius 2 is 1.97 bits per heavy atom. The Bertz CT molecular complexity index is 1120. The van der Waals surface area contributed by atoms with Crippen LogP contribution in [0.1, 0.15) is 54.9 Å². The zero-order valence-electron chi connectivity index (χ0n) is 20.6. The number of amides is 3. The van der Waals surface area contributed by atoms with Crippen LogP contribution in [0.4, 0.5) is 10.1 Å². The van der Waals surface area contributed by atoms with Gasteiger partial charge in [-0.05, 0) is 55.2 Å². The van der Waals surface area contributed by atoms with E-state index in [9.17, 15) is 18.8 Å². The summed E-state index contributed by atoms with van der Waals surface area (Å²) in [6.07, 6.45) is 1.92. The molecule has 2 aromatic carbocycles. The Hall–Kier alpha value is -3.46. The van der Waals surface area contributed by atoms with E-state index in [-0.39, 0.29) is 61.4 Å². The molecule has 9 heteroatoms. The van der Waals surface area contributed by atoms with Crippen molar-refractivity contribution >= 4 is 23.4 Å². The van der Waals surface area contributed by atoms with Crippen LogP contribution >= 0.6 is 0 Å². The molecule has 0 spiro atoms. The third-order valence-corrected chi connectivity index (χ3v) is 6.56. The number of benzene rings is 2. The number of rotatable bonds is 7. The van der Waals surface area contributed by atoms with Crippen molar-refractivity contribution in [3.63, 3.8) is 0 Å². The van der Waals surface area contributed by atoms with Gasteiger partial charge >= 0.3 is 0 Å². The summed E-state index contributed by atoms with van der Waals surface area (Å²) in [5, 5.41) is 5.63. The second-order valence-corrected chi connectivity index (χ2v) is 9.29. The van der Waals surface area contributed by atoms with Gasteiger partial charge in [-0.15, -0.1) is 0 Å². The van der Waals surface area contributed by atoms with Crippen LogP contribution in [0, 0.1) is 5.82 Å². The molecule has 0 unspecified atom stereocenters. The van der Waals surface area contributed by atoms with Crippen LogP contribution in [0.15, 0.2) is 42.5 Å². The van der Waals surface area contributed by atoms with Crippen molar-refractivity contribution in [2.24, 2.45) is 0 Å². The Balaban J connectivity index is 1.37. The zero-order chi connectivity index (χ0) is 25.7. The van der Waals surface area contributed by atoms with Crippen molar-refractivity contribution in [3.8, 4) is 5.75 Å². The SMILES string of the molecule is CCCC(=O)Nc1ccc2c(c1)C(=O)N(C)[C@@H]1CC[C@@H](CC(=O)NCc3cccc(F)c3)O[C@H]1CO2. The summed E-state index contributed by atoms with van der Waals surface area (Å²) in [7, 11) is 1.74. The van der Waals surface area contributed by atoms with E-state index in [2.05, 4.69) is 10.6 Å². The molecule has 2 aromatic rings. The highest BCUT2D eigenvalue weighted by atomic mass is 19.1. The van der Waals surface area contributed by atoms with Crippen LogP contribution in [0.3, 0.4) is 0 Å². The number of hydrogen-bond acceptors (Lipinski definition) is 5. The van der Waals surface area contributed by atoms with Crippen LogP contribution in [0.2, 0.25) is 0 Å². The van der Waals surface area contributed by atoms with Crippen molar-refractivity contribution in [2.75, 3.05) is 19.0 Å². The van der Waals surface area contributed by atoms with Gasteiger partial charge < -0.3 is 25.0 Å². The van der Waals surface area contributed by atoms with Gasteiger partial charge in [0.15, 0.2) is 0 Å². The van der Waals surface area contributed by atoms with Crippen molar-refractivity contribution < 1.29 is 28.2 Å². The lowest BCUT2D eigenvalue weighted by molar-refractivity contribution is -0.134. The molecule has 192 valence electrons. The minimum atomic E-state index is -0.384. The molecule has 8 nitrogen and oxygen atoms in total. The van der Waals surface area contributed by atoms with E-state index < -0.39 is 0 Å². The summed E-state index contributed by atoms with van der Waals surface area (Å²) in [4.78, 5) is 39.4. The lowest BCUT2D eigenvalue weighted by Crippen LogP contribution is -2.53. The van der Waals surface area contributed by atoms with E-state index in [0.29, 0.717) is 41.8 Å². The molecular weight excluding hydrogens is 465 g/mol. The van der Waals surface area contributed by atoms with Gasteiger partial charge in [0, 0.05) is 25.7 Å². The van der Waals surface area contributed by atoms with Gasteiger partial charge in [-0.25, -0.2) is 4.39 Å². The Morgan fingerprint density at radius 1 is 1.14 bits per heavy atom. The predicted octanol–water partition coefficient (Wildman–Crippen LogP) is 3.65. The number of ether oxygens (including phenoxy) is 2. The molecule has 0 saturated carbocycles. The van der Waals surface area contributed by atoms with Gasteiger partial charge in [-0.2, -0.15) is 0 Å². The molecule has 0 aromatic heterocycles. The summed E-state index contributed by atoms with van der Waals surface area (Å²) in [6, 6.07) is 11.0. The maximum Gasteiger partial charge on any atom is 0.257 e. The minimum Gasteiger partial charge on any atom is -0.490 e. The molecule has 3 amide bonds. The third kappa shape index (κ3) is 6.20. The fraction of sp³-hybridized carbons (Fsp3) is 0.444. The normalized spacial score (nSPS) is 21.4. The summed E-state index contributed by atoms with van der Waals surface area (Å²) in [5.74, 6) is -0.400. The number of hydrogen-bond donors (Lipinski definition) is 2. The standard InChI is InChI=1S/C27H32FN3O5/c1-3-5-25(32)30-19-8-11-23-21(13-19)27(34)31(2)22-10-9-20(36-24(22)16-35-23)14-26(33)29-15-17-6-4-7-18(28)12-17/h4,6-8,11-13,20,22,24H,3,5,9-10,14-16H2,1-2H3,(H,29,33)(H,30,32)/t20-,22+,24-/m0/s1. The lowest BCUT2D eigenvalue weighted by atomic mass is 9.94. The first-order valence-electron chi connectivity index (χ1n) is 12.3. The fourth-order valence-corrected chi connectivity index (χ4v) is 4.68. The van der Waals surface area contributed by atoms with E-state index in [1.165, 1.54) is 12.1 Å². The largest absolute Gasteiger partial charge is 0.490 e. The first-order valence-corrected chi connectivity index (χ1v) is 12.3. The second kappa shape index (κ2) is 11.5. The lowest BCUT2D eigenvalue weighted by Gasteiger charge is -2.42. The summed E-state index contributed by atoms with van der Waals surface area (Å²) in [5.41, 5.74) is 1.64. The van der Waals surface area contributed by atoms with Crippen LogP contribution in [0.25, 0.3) is 0 Å². The predicted molar refractivity (Wildman–Crippen MR) is 132 cm³/mol. The second-order valence-electron chi connectivity index (χ2n) is 9.29. The van der Waals surface area contributed by atoms with Crippen molar-refractivity contribution in [1.29, 1.82) is 0 Å². The number of fused-ring (bicyclic) bond motifs is 2. The van der Waals surface area contributed by atoms with Crippen LogP contribution < -0.4 is 15.4 Å². The summed E-state index contributed by atoms with van der Waals surface area (Å²) in [6.45, 7) is 2.41. The smallest absolute Gasteiger partial charge is 0.257 e. The minimum absolute atomic E-state index is 0.100. The summed E-state index contributed by atoms with van der Waals surface area (Å²) >= 11 is 0. The van der Waals surface area contributed by atoms with E-state index in [0.717, 1.165) is 6.42 Å². The highest BCUT2D eigenvalue weighted by molar-refractivity contribution is 5.99. The molecule has 2 aliphatic heterocycles. The average molecular weight is 498 g/mol. The molecule has 3 atom stereocenters. The molecule has 1 fully saturated rings. The first-order chi connectivity index (χ1) is 17.3. The monoisotopic (exact) mass is 497 g/mol. The molecular formula is C27H32FN3O5. The van der Waals surface area contributed by atoms with Crippen molar-refractivity contribution in [2.45, 2.75) is 63.8 Å². The van der Waals surface area contributed by atoms with Gasteiger partial charge in [-0.1, -0.05) is 19.1 Å². The average Bonchev–Trinajstić information content (AvgIpc) is 2.85. The number of nitrogens with zero attached hydrogens (tertiary/aromatic N) is 1. The van der Waals surface area contributed by atoms with Gasteiger partial charge in [-0.3, -0.25) is 14.4 Å². The van der Waals surface area contributed by atoms with Crippen LogP contribution in [0.5, 0.6) is 5.75 Å². The zero-order valence-corrected chi connectivity index (χ0v) is 20.6. The number of likely N-dealkylation sites (N-methyl/N-ethyl adjacent to an activating group) is 1. The summed E-state index contributed by atoms with van der Waals surface area (Å²) < 4.78 is 25.5. The van der Waals surface area contributed by atoms with Gasteiger partial charge in [0.25, 0.3) is 5.91 Å². The number of anilines is 1. The molecule has 36 heavy (non-hydrogen) atoms. The van der Waals surface area contributed by atoms with E-state index >= 15 is 0 Å². The molecule has 2 heterocycles. The molecule has 4 rings (SSSR count). The van der Waals surface area contributed by atoms with Crippen LogP contribution in [-0.2, 0) is 20.9 Å². The highest BCUT2D eigenvalue weighted by Gasteiger charge is 2.39. The molecule has 0 aliphatic carbocycles. The number of carbonyl (C=O) groups excluding carboxylic acids is 3. The topological polar surface area (TPSA) is 97.0 Å². The van der Waals surface area contributed by atoms with Gasteiger partial charge in [0.1, 0.15) is 24.3 Å². The number of nitrogens with one attached hydrogen (secondary N) is 2. The number of carbonyl (C=O) groups is 3. The Morgan fingerprint density at radius 3 is 2.75 bits per heavy atom. The Kier molecular flexibility index (Phi) is 8.20. The highest BCUT2D eigenvalue weighted by Crippen LogP contribution is 2.32. The van der Waals surface area contributed by atoms with Gasteiger partial charge in [0.2, 0.25) is 11.8 Å². The van der Waals surface area contributed by atoms with E-state index in [1.807, 2.05) is 6.92 Å². The molecule has 2 aliphatic rings. The van der Waals surface area contributed by atoms with E-state index in [1.54, 1.807) is 42.3 Å². The van der Waals surface area contributed by atoms with Crippen LogP contribution in [-0.4, -0.2) is 54.5 Å². The maximum atomic E-state index is 13.3. The maximum absolute atomic E-state index is 13.3. The van der Waals surface area contributed by atoms with E-state index in [4.69, 9.17) is 9.47 Å². The molecule has 1 saturated heterocycles. The van der Waals surface area contributed by atoms with Gasteiger partial charge in [0.05, 0.1) is 24.1 Å². The third-order valence-electron chi connectivity index (χ3n) is 6.56.